The minimum Gasteiger partial charge on any atom is -0.279 e. The first-order valence-electron chi connectivity index (χ1n) is 4.05. The third kappa shape index (κ3) is 2.14. The quantitative estimate of drug-likeness (QED) is 0.703. The summed E-state index contributed by atoms with van der Waals surface area (Å²) in [7, 11) is 0. The van der Waals surface area contributed by atoms with Crippen molar-refractivity contribution in [1.29, 1.82) is 0 Å². The third-order valence-electron chi connectivity index (χ3n) is 1.73. The summed E-state index contributed by atoms with van der Waals surface area (Å²) in [5, 5.41) is 3.83. The molecule has 0 aromatic heterocycles. The van der Waals surface area contributed by atoms with Crippen molar-refractivity contribution in [2.45, 2.75) is 20.3 Å². The molecule has 0 radical (unpaired) electrons. The van der Waals surface area contributed by atoms with E-state index >= 15 is 0 Å². The van der Waals surface area contributed by atoms with Gasteiger partial charge in [0.2, 0.25) is 0 Å². The predicted octanol–water partition coefficient (Wildman–Crippen LogP) is 2.31. The van der Waals surface area contributed by atoms with Crippen LogP contribution < -0.4 is 5.43 Å². The molecule has 1 N–H and O–H groups in total. The summed E-state index contributed by atoms with van der Waals surface area (Å²) in [4.78, 5) is 0. The fourth-order valence-corrected chi connectivity index (χ4v) is 1.13. The van der Waals surface area contributed by atoms with Crippen LogP contribution in [-0.2, 0) is 0 Å². The molecule has 0 amide bonds. The SMILES string of the molecule is C=C1C=C(C(F)F)C(C(C)C)=NN1. The molecule has 0 aromatic rings. The summed E-state index contributed by atoms with van der Waals surface area (Å²) in [5.41, 5.74) is 3.36. The Morgan fingerprint density at radius 1 is 1.46 bits per heavy atom. The molecule has 1 aliphatic rings. The highest BCUT2D eigenvalue weighted by Crippen LogP contribution is 2.19. The lowest BCUT2D eigenvalue weighted by atomic mass is 9.99. The van der Waals surface area contributed by atoms with E-state index in [1.54, 1.807) is 0 Å². The Labute approximate surface area is 76.0 Å². The molecule has 0 aromatic carbocycles. The molecule has 72 valence electrons. The largest absolute Gasteiger partial charge is 0.279 e. The number of halogens is 2. The van der Waals surface area contributed by atoms with E-state index in [1.165, 1.54) is 6.08 Å². The van der Waals surface area contributed by atoms with Crippen LogP contribution in [0.4, 0.5) is 8.78 Å². The Bertz CT molecular complexity index is 277. The smallest absolute Gasteiger partial charge is 0.265 e. The van der Waals surface area contributed by atoms with Gasteiger partial charge in [0, 0.05) is 11.3 Å². The monoisotopic (exact) mass is 186 g/mol. The minimum absolute atomic E-state index is 0.0131. The van der Waals surface area contributed by atoms with Gasteiger partial charge in [0.25, 0.3) is 6.43 Å². The Balaban J connectivity index is 2.97. The maximum atomic E-state index is 12.5. The maximum Gasteiger partial charge on any atom is 0.265 e. The fourth-order valence-electron chi connectivity index (χ4n) is 1.13. The van der Waals surface area contributed by atoms with E-state index in [0.717, 1.165) is 0 Å². The number of allylic oxidation sites excluding steroid dienone is 2. The first-order chi connectivity index (χ1) is 6.02. The molecular weight excluding hydrogens is 174 g/mol. The van der Waals surface area contributed by atoms with Gasteiger partial charge in [-0.1, -0.05) is 20.4 Å². The second kappa shape index (κ2) is 3.68. The lowest BCUT2D eigenvalue weighted by Gasteiger charge is -2.18. The van der Waals surface area contributed by atoms with Crippen molar-refractivity contribution in [3.63, 3.8) is 0 Å². The van der Waals surface area contributed by atoms with Gasteiger partial charge in [-0.2, -0.15) is 5.10 Å². The number of hydrazone groups is 1. The average Bonchev–Trinajstić information content (AvgIpc) is 2.03. The first kappa shape index (κ1) is 9.89. The lowest BCUT2D eigenvalue weighted by molar-refractivity contribution is 0.195. The molecule has 13 heavy (non-hydrogen) atoms. The number of nitrogens with one attached hydrogen (secondary N) is 1. The summed E-state index contributed by atoms with van der Waals surface area (Å²) >= 11 is 0. The van der Waals surface area contributed by atoms with Gasteiger partial charge in [-0.25, -0.2) is 8.78 Å². The van der Waals surface area contributed by atoms with Crippen molar-refractivity contribution in [3.8, 4) is 0 Å². The van der Waals surface area contributed by atoms with E-state index in [2.05, 4.69) is 17.1 Å². The van der Waals surface area contributed by atoms with Crippen LogP contribution in [-0.4, -0.2) is 12.1 Å². The van der Waals surface area contributed by atoms with E-state index in [0.29, 0.717) is 11.4 Å². The molecule has 0 atom stereocenters. The van der Waals surface area contributed by atoms with Gasteiger partial charge in [-0.15, -0.1) is 0 Å². The van der Waals surface area contributed by atoms with Crippen molar-refractivity contribution in [2.75, 3.05) is 0 Å². The number of hydrogen-bond donors (Lipinski definition) is 1. The number of nitrogens with zero attached hydrogens (tertiary/aromatic N) is 1. The van der Waals surface area contributed by atoms with Gasteiger partial charge in [0.15, 0.2) is 0 Å². The zero-order valence-electron chi connectivity index (χ0n) is 7.64. The zero-order valence-corrected chi connectivity index (χ0v) is 7.64. The lowest BCUT2D eigenvalue weighted by Crippen LogP contribution is -2.24. The van der Waals surface area contributed by atoms with Crippen molar-refractivity contribution in [1.82, 2.24) is 5.43 Å². The normalized spacial score (nSPS) is 17.2. The highest BCUT2D eigenvalue weighted by Gasteiger charge is 2.22. The molecule has 1 heterocycles. The molecule has 2 nitrogen and oxygen atoms in total. The van der Waals surface area contributed by atoms with Crippen LogP contribution in [0.5, 0.6) is 0 Å². The van der Waals surface area contributed by atoms with Crippen LogP contribution in [0.15, 0.2) is 29.0 Å². The topological polar surface area (TPSA) is 24.4 Å². The van der Waals surface area contributed by atoms with E-state index in [9.17, 15) is 8.78 Å². The van der Waals surface area contributed by atoms with Gasteiger partial charge in [0.1, 0.15) is 0 Å². The molecule has 0 bridgehead atoms. The highest BCUT2D eigenvalue weighted by atomic mass is 19.3. The molecule has 0 saturated carbocycles. The fraction of sp³-hybridized carbons (Fsp3) is 0.444. The van der Waals surface area contributed by atoms with Crippen LogP contribution in [0.2, 0.25) is 0 Å². The number of alkyl halides is 2. The van der Waals surface area contributed by atoms with Gasteiger partial charge in [0.05, 0.1) is 5.71 Å². The first-order valence-corrected chi connectivity index (χ1v) is 4.05. The van der Waals surface area contributed by atoms with E-state index in [4.69, 9.17) is 0 Å². The molecule has 0 saturated heterocycles. The Morgan fingerprint density at radius 2 is 2.08 bits per heavy atom. The molecule has 0 unspecified atom stereocenters. The standard InChI is InChI=1S/C9H12F2N2/c1-5(2)8-7(9(10)11)4-6(3)12-13-8/h4-5,9,12H,3H2,1-2H3. The van der Waals surface area contributed by atoms with Crippen molar-refractivity contribution < 1.29 is 8.78 Å². The average molecular weight is 186 g/mol. The summed E-state index contributed by atoms with van der Waals surface area (Å²) in [6.07, 6.45) is -1.15. The van der Waals surface area contributed by atoms with Crippen LogP contribution in [0.25, 0.3) is 0 Å². The van der Waals surface area contributed by atoms with E-state index in [1.807, 2.05) is 13.8 Å². The number of rotatable bonds is 2. The Kier molecular flexibility index (Phi) is 2.80. The highest BCUT2D eigenvalue weighted by molar-refractivity contribution is 6.03. The van der Waals surface area contributed by atoms with Crippen LogP contribution in [0.3, 0.4) is 0 Å². The van der Waals surface area contributed by atoms with Crippen LogP contribution in [0.1, 0.15) is 13.8 Å². The van der Waals surface area contributed by atoms with Gasteiger partial charge >= 0.3 is 0 Å². The number of hydrogen-bond acceptors (Lipinski definition) is 2. The summed E-state index contributed by atoms with van der Waals surface area (Å²) < 4.78 is 25.0. The zero-order chi connectivity index (χ0) is 10.0. The van der Waals surface area contributed by atoms with Gasteiger partial charge in [-0.3, -0.25) is 5.43 Å². The second-order valence-electron chi connectivity index (χ2n) is 3.19. The van der Waals surface area contributed by atoms with Crippen molar-refractivity contribution in [2.24, 2.45) is 11.0 Å². The third-order valence-corrected chi connectivity index (χ3v) is 1.73. The summed E-state index contributed by atoms with van der Waals surface area (Å²) in [5.74, 6) is -0.0131. The molecular formula is C9H12F2N2. The van der Waals surface area contributed by atoms with E-state index in [-0.39, 0.29) is 11.5 Å². The summed E-state index contributed by atoms with van der Waals surface area (Å²) in [6.45, 7) is 7.16. The van der Waals surface area contributed by atoms with Crippen LogP contribution in [0, 0.1) is 5.92 Å². The Hall–Kier alpha value is -1.19. The molecule has 4 heteroatoms. The van der Waals surface area contributed by atoms with Gasteiger partial charge in [-0.05, 0) is 12.0 Å². The molecule has 0 aliphatic carbocycles. The molecule has 0 spiro atoms. The second-order valence-corrected chi connectivity index (χ2v) is 3.19. The van der Waals surface area contributed by atoms with Gasteiger partial charge < -0.3 is 0 Å². The molecule has 1 rings (SSSR count). The van der Waals surface area contributed by atoms with Crippen molar-refractivity contribution >= 4 is 5.71 Å². The molecule has 1 aliphatic heterocycles. The Morgan fingerprint density at radius 3 is 2.54 bits per heavy atom. The predicted molar refractivity (Wildman–Crippen MR) is 48.6 cm³/mol. The maximum absolute atomic E-state index is 12.5. The van der Waals surface area contributed by atoms with Crippen LogP contribution >= 0.6 is 0 Å². The minimum atomic E-state index is -2.49. The van der Waals surface area contributed by atoms with Crippen molar-refractivity contribution in [3.05, 3.63) is 23.9 Å². The summed E-state index contributed by atoms with van der Waals surface area (Å²) in [6, 6.07) is 0. The molecule has 0 fully saturated rings. The van der Waals surface area contributed by atoms with E-state index < -0.39 is 6.43 Å².